The van der Waals surface area contributed by atoms with Crippen LogP contribution < -0.4 is 4.90 Å². The molecule has 1 aliphatic rings. The molecule has 0 unspecified atom stereocenters. The summed E-state index contributed by atoms with van der Waals surface area (Å²) < 4.78 is 12.1. The van der Waals surface area contributed by atoms with E-state index in [4.69, 9.17) is 11.6 Å². The second-order valence-electron chi connectivity index (χ2n) is 4.93. The van der Waals surface area contributed by atoms with Crippen LogP contribution >= 0.6 is 11.6 Å². The van der Waals surface area contributed by atoms with Crippen LogP contribution in [0.4, 0.5) is 10.3 Å². The fraction of sp³-hybridized carbons (Fsp3) is 0.692. The predicted octanol–water partition coefficient (Wildman–Crippen LogP) is 2.39. The van der Waals surface area contributed by atoms with E-state index in [9.17, 15) is 4.39 Å². The molecule has 0 N–H and O–H groups in total. The highest BCUT2D eigenvalue weighted by atomic mass is 35.5. The topological polar surface area (TPSA) is 32.3 Å². The van der Waals surface area contributed by atoms with Crippen LogP contribution in [-0.4, -0.2) is 54.3 Å². The van der Waals surface area contributed by atoms with E-state index in [2.05, 4.69) is 19.8 Å². The summed E-state index contributed by atoms with van der Waals surface area (Å²) in [5.41, 5.74) is 0. The summed E-state index contributed by atoms with van der Waals surface area (Å²) in [4.78, 5) is 12.9. The average Bonchev–Trinajstić information content (AvgIpc) is 2.46. The number of aromatic nitrogens is 2. The Bertz CT molecular complexity index is 379. The molecule has 1 saturated heterocycles. The first-order valence-electron chi connectivity index (χ1n) is 6.69. The highest BCUT2D eigenvalue weighted by Gasteiger charge is 2.23. The SMILES string of the molecule is CN(c1ncc(Cl)cn1)C1CCN(CCCF)CC1. The van der Waals surface area contributed by atoms with Crippen molar-refractivity contribution >= 4 is 17.5 Å². The molecule has 0 aliphatic carbocycles. The van der Waals surface area contributed by atoms with E-state index in [1.54, 1.807) is 12.4 Å². The summed E-state index contributed by atoms with van der Waals surface area (Å²) in [6.45, 7) is 2.67. The lowest BCUT2D eigenvalue weighted by molar-refractivity contribution is 0.202. The van der Waals surface area contributed by atoms with E-state index in [0.29, 0.717) is 23.4 Å². The molecule has 2 rings (SSSR count). The van der Waals surface area contributed by atoms with Gasteiger partial charge in [-0.2, -0.15) is 0 Å². The van der Waals surface area contributed by atoms with Crippen molar-refractivity contribution in [3.8, 4) is 0 Å². The average molecular weight is 287 g/mol. The lowest BCUT2D eigenvalue weighted by Crippen LogP contribution is -2.44. The number of likely N-dealkylation sites (tertiary alicyclic amines) is 1. The number of anilines is 1. The summed E-state index contributed by atoms with van der Waals surface area (Å²) in [5.74, 6) is 0.714. The first kappa shape index (κ1) is 14.5. The molecule has 0 saturated carbocycles. The second-order valence-corrected chi connectivity index (χ2v) is 5.36. The minimum absolute atomic E-state index is 0.224. The van der Waals surface area contributed by atoms with Crippen LogP contribution in [0.15, 0.2) is 12.4 Å². The summed E-state index contributed by atoms with van der Waals surface area (Å²) in [6.07, 6.45) is 6.01. The fourth-order valence-corrected chi connectivity index (χ4v) is 2.56. The maximum atomic E-state index is 12.1. The van der Waals surface area contributed by atoms with Gasteiger partial charge in [0.05, 0.1) is 24.1 Å². The van der Waals surface area contributed by atoms with Crippen molar-refractivity contribution in [1.29, 1.82) is 0 Å². The third-order valence-electron chi connectivity index (χ3n) is 3.63. The lowest BCUT2D eigenvalue weighted by atomic mass is 10.0. The molecule has 19 heavy (non-hydrogen) atoms. The van der Waals surface area contributed by atoms with Crippen LogP contribution in [0, 0.1) is 0 Å². The molecule has 1 fully saturated rings. The molecule has 2 heterocycles. The molecule has 0 atom stereocenters. The van der Waals surface area contributed by atoms with Crippen LogP contribution in [-0.2, 0) is 0 Å². The van der Waals surface area contributed by atoms with Gasteiger partial charge in [-0.05, 0) is 19.3 Å². The van der Waals surface area contributed by atoms with Gasteiger partial charge in [0.2, 0.25) is 5.95 Å². The number of alkyl halides is 1. The normalized spacial score (nSPS) is 17.6. The van der Waals surface area contributed by atoms with Gasteiger partial charge in [0.1, 0.15) is 0 Å². The van der Waals surface area contributed by atoms with Gasteiger partial charge in [0.25, 0.3) is 0 Å². The minimum atomic E-state index is -0.224. The van der Waals surface area contributed by atoms with Crippen molar-refractivity contribution in [3.05, 3.63) is 17.4 Å². The Kier molecular flexibility index (Phi) is 5.34. The van der Waals surface area contributed by atoms with Crippen molar-refractivity contribution in [2.45, 2.75) is 25.3 Å². The molecule has 0 bridgehead atoms. The van der Waals surface area contributed by atoms with E-state index in [1.807, 2.05) is 7.05 Å². The number of hydrogen-bond acceptors (Lipinski definition) is 4. The van der Waals surface area contributed by atoms with Crippen molar-refractivity contribution in [2.75, 3.05) is 38.3 Å². The van der Waals surface area contributed by atoms with Gasteiger partial charge in [-0.3, -0.25) is 4.39 Å². The fourth-order valence-electron chi connectivity index (χ4n) is 2.46. The Balaban J connectivity index is 1.85. The molecule has 1 aromatic heterocycles. The summed E-state index contributed by atoms with van der Waals surface area (Å²) in [7, 11) is 2.02. The maximum Gasteiger partial charge on any atom is 0.225 e. The second kappa shape index (κ2) is 7.01. The van der Waals surface area contributed by atoms with Crippen LogP contribution in [0.2, 0.25) is 5.02 Å². The maximum absolute atomic E-state index is 12.1. The Morgan fingerprint density at radius 3 is 2.58 bits per heavy atom. The van der Waals surface area contributed by atoms with Gasteiger partial charge in [-0.15, -0.1) is 0 Å². The van der Waals surface area contributed by atoms with Gasteiger partial charge in [0, 0.05) is 32.7 Å². The predicted molar refractivity (Wildman–Crippen MR) is 75.5 cm³/mol. The number of hydrogen-bond donors (Lipinski definition) is 0. The van der Waals surface area contributed by atoms with E-state index in [1.165, 1.54) is 0 Å². The largest absolute Gasteiger partial charge is 0.341 e. The van der Waals surface area contributed by atoms with Gasteiger partial charge in [-0.1, -0.05) is 11.6 Å². The third-order valence-corrected chi connectivity index (χ3v) is 3.83. The van der Waals surface area contributed by atoms with Gasteiger partial charge < -0.3 is 9.80 Å². The Morgan fingerprint density at radius 1 is 1.37 bits per heavy atom. The monoisotopic (exact) mass is 286 g/mol. The zero-order valence-electron chi connectivity index (χ0n) is 11.2. The third kappa shape index (κ3) is 4.01. The smallest absolute Gasteiger partial charge is 0.225 e. The number of nitrogens with zero attached hydrogens (tertiary/aromatic N) is 4. The van der Waals surface area contributed by atoms with E-state index >= 15 is 0 Å². The van der Waals surface area contributed by atoms with E-state index in [0.717, 1.165) is 32.5 Å². The first-order valence-corrected chi connectivity index (χ1v) is 7.07. The molecule has 106 valence electrons. The van der Waals surface area contributed by atoms with E-state index < -0.39 is 0 Å². The van der Waals surface area contributed by atoms with Crippen molar-refractivity contribution in [3.63, 3.8) is 0 Å². The Morgan fingerprint density at radius 2 is 2.00 bits per heavy atom. The zero-order valence-corrected chi connectivity index (χ0v) is 12.0. The van der Waals surface area contributed by atoms with Crippen molar-refractivity contribution in [2.24, 2.45) is 0 Å². The molecule has 0 amide bonds. The van der Waals surface area contributed by atoms with Gasteiger partial charge >= 0.3 is 0 Å². The van der Waals surface area contributed by atoms with Gasteiger partial charge in [-0.25, -0.2) is 9.97 Å². The number of halogens is 2. The Labute approximate surface area is 118 Å². The molecule has 0 spiro atoms. The van der Waals surface area contributed by atoms with Crippen molar-refractivity contribution in [1.82, 2.24) is 14.9 Å². The zero-order chi connectivity index (χ0) is 13.7. The molecule has 6 heteroatoms. The number of rotatable bonds is 5. The lowest BCUT2D eigenvalue weighted by Gasteiger charge is -2.36. The highest BCUT2D eigenvalue weighted by molar-refractivity contribution is 6.30. The summed E-state index contributed by atoms with van der Waals surface area (Å²) in [5, 5.41) is 0.554. The van der Waals surface area contributed by atoms with Crippen LogP contribution in [0.3, 0.4) is 0 Å². The summed E-state index contributed by atoms with van der Waals surface area (Å²) >= 11 is 5.79. The van der Waals surface area contributed by atoms with Crippen LogP contribution in [0.25, 0.3) is 0 Å². The van der Waals surface area contributed by atoms with Crippen LogP contribution in [0.1, 0.15) is 19.3 Å². The van der Waals surface area contributed by atoms with Gasteiger partial charge in [0.15, 0.2) is 0 Å². The first-order chi connectivity index (χ1) is 9.20. The molecule has 0 radical (unpaired) electrons. The quantitative estimate of drug-likeness (QED) is 0.832. The standard InChI is InChI=1S/C13H20ClFN4/c1-18(13-16-9-11(14)10-17-13)12-3-7-19(8-4-12)6-2-5-15/h9-10,12H,2-8H2,1H3. The minimum Gasteiger partial charge on any atom is -0.341 e. The van der Waals surface area contributed by atoms with Crippen molar-refractivity contribution < 1.29 is 4.39 Å². The molecule has 1 aromatic rings. The Hall–Kier alpha value is -0.940. The molecular weight excluding hydrogens is 267 g/mol. The van der Waals surface area contributed by atoms with E-state index in [-0.39, 0.29) is 6.67 Å². The molecule has 1 aliphatic heterocycles. The highest BCUT2D eigenvalue weighted by Crippen LogP contribution is 2.19. The number of piperidine rings is 1. The van der Waals surface area contributed by atoms with Crippen LogP contribution in [0.5, 0.6) is 0 Å². The molecule has 0 aromatic carbocycles. The summed E-state index contributed by atoms with van der Waals surface area (Å²) in [6, 6.07) is 0.447. The molecule has 4 nitrogen and oxygen atoms in total. The molecular formula is C13H20ClFN4.